The predicted molar refractivity (Wildman–Crippen MR) is 79.3 cm³/mol. The lowest BCUT2D eigenvalue weighted by Crippen LogP contribution is -2.15. The van der Waals surface area contributed by atoms with Gasteiger partial charge in [-0.3, -0.25) is 9.48 Å². The molecule has 0 radical (unpaired) electrons. The molecular formula is C15H20N4O. The maximum atomic E-state index is 12.0. The van der Waals surface area contributed by atoms with Crippen LogP contribution in [0.2, 0.25) is 0 Å². The molecule has 20 heavy (non-hydrogen) atoms. The number of rotatable bonds is 5. The van der Waals surface area contributed by atoms with Gasteiger partial charge in [-0.15, -0.1) is 0 Å². The first-order valence-corrected chi connectivity index (χ1v) is 6.72. The average molecular weight is 272 g/mol. The quantitative estimate of drug-likeness (QED) is 0.868. The minimum atomic E-state index is -0.0341. The molecule has 106 valence electrons. The third-order valence-corrected chi connectivity index (χ3v) is 3.14. The molecule has 5 nitrogen and oxygen atoms in total. The lowest BCUT2D eigenvalue weighted by Gasteiger charge is -2.05. The predicted octanol–water partition coefficient (Wildman–Crippen LogP) is 1.62. The van der Waals surface area contributed by atoms with Gasteiger partial charge < -0.3 is 11.1 Å². The Hall–Kier alpha value is -2.14. The van der Waals surface area contributed by atoms with Gasteiger partial charge in [0.2, 0.25) is 5.91 Å². The number of benzene rings is 1. The van der Waals surface area contributed by atoms with Crippen LogP contribution in [0, 0.1) is 0 Å². The minimum Gasteiger partial charge on any atom is -0.326 e. The summed E-state index contributed by atoms with van der Waals surface area (Å²) in [4.78, 5) is 12.0. The topological polar surface area (TPSA) is 72.9 Å². The third-order valence-electron chi connectivity index (χ3n) is 3.14. The molecule has 0 aliphatic carbocycles. The van der Waals surface area contributed by atoms with E-state index in [1.807, 2.05) is 44.4 Å². The zero-order valence-electron chi connectivity index (χ0n) is 11.9. The number of hydrogen-bond donors (Lipinski definition) is 2. The fourth-order valence-corrected chi connectivity index (χ4v) is 2.07. The van der Waals surface area contributed by atoms with E-state index in [0.29, 0.717) is 13.0 Å². The number of hydrogen-bond acceptors (Lipinski definition) is 3. The van der Waals surface area contributed by atoms with Crippen molar-refractivity contribution in [3.8, 4) is 0 Å². The van der Waals surface area contributed by atoms with Crippen molar-refractivity contribution in [2.45, 2.75) is 26.3 Å². The highest BCUT2D eigenvalue weighted by Crippen LogP contribution is 2.14. The fourth-order valence-electron chi connectivity index (χ4n) is 2.07. The molecule has 0 atom stereocenters. The smallest absolute Gasteiger partial charge is 0.228 e. The summed E-state index contributed by atoms with van der Waals surface area (Å²) in [7, 11) is 1.85. The van der Waals surface area contributed by atoms with Gasteiger partial charge >= 0.3 is 0 Å². The SMILES string of the molecule is CCc1nn(C)cc1NC(=O)Cc1ccc(CN)cc1. The Balaban J connectivity index is 2.00. The molecule has 0 fully saturated rings. The first-order valence-electron chi connectivity index (χ1n) is 6.72. The van der Waals surface area contributed by atoms with Crippen LogP contribution >= 0.6 is 0 Å². The van der Waals surface area contributed by atoms with E-state index in [1.165, 1.54) is 0 Å². The number of nitrogens with two attached hydrogens (primary N) is 1. The lowest BCUT2D eigenvalue weighted by molar-refractivity contribution is -0.115. The first kappa shape index (κ1) is 14.3. The monoisotopic (exact) mass is 272 g/mol. The molecule has 0 bridgehead atoms. The van der Waals surface area contributed by atoms with Crippen molar-refractivity contribution < 1.29 is 4.79 Å². The van der Waals surface area contributed by atoms with Crippen molar-refractivity contribution >= 4 is 11.6 Å². The van der Waals surface area contributed by atoms with Crippen LogP contribution in [-0.4, -0.2) is 15.7 Å². The van der Waals surface area contributed by atoms with Crippen molar-refractivity contribution in [3.05, 3.63) is 47.3 Å². The molecule has 0 spiro atoms. The number of amides is 1. The van der Waals surface area contributed by atoms with E-state index in [2.05, 4.69) is 10.4 Å². The standard InChI is InChI=1S/C15H20N4O/c1-3-13-14(10-19(2)18-13)17-15(20)8-11-4-6-12(9-16)7-5-11/h4-7,10H,3,8-9,16H2,1-2H3,(H,17,20). The highest BCUT2D eigenvalue weighted by atomic mass is 16.1. The molecule has 0 unspecified atom stereocenters. The van der Waals surface area contributed by atoms with Gasteiger partial charge in [0.1, 0.15) is 0 Å². The average Bonchev–Trinajstić information content (AvgIpc) is 2.79. The van der Waals surface area contributed by atoms with Gasteiger partial charge in [-0.05, 0) is 17.5 Å². The molecule has 1 aromatic heterocycles. The van der Waals surface area contributed by atoms with E-state index in [0.717, 1.165) is 28.9 Å². The summed E-state index contributed by atoms with van der Waals surface area (Å²) in [5.74, 6) is -0.0341. The van der Waals surface area contributed by atoms with Crippen molar-refractivity contribution in [1.29, 1.82) is 0 Å². The number of carbonyl (C=O) groups is 1. The van der Waals surface area contributed by atoms with Crippen LogP contribution in [0.25, 0.3) is 0 Å². The second-order valence-electron chi connectivity index (χ2n) is 4.76. The summed E-state index contributed by atoms with van der Waals surface area (Å²) >= 11 is 0. The van der Waals surface area contributed by atoms with Crippen LogP contribution in [-0.2, 0) is 31.2 Å². The zero-order chi connectivity index (χ0) is 14.5. The van der Waals surface area contributed by atoms with Crippen LogP contribution in [0.4, 0.5) is 5.69 Å². The fraction of sp³-hybridized carbons (Fsp3) is 0.333. The van der Waals surface area contributed by atoms with Crippen molar-refractivity contribution in [2.24, 2.45) is 12.8 Å². The number of aromatic nitrogens is 2. The largest absolute Gasteiger partial charge is 0.326 e. The van der Waals surface area contributed by atoms with Crippen molar-refractivity contribution in [3.63, 3.8) is 0 Å². The Labute approximate surface area is 118 Å². The van der Waals surface area contributed by atoms with Crippen LogP contribution in [0.1, 0.15) is 23.7 Å². The van der Waals surface area contributed by atoms with E-state index in [4.69, 9.17) is 5.73 Å². The Morgan fingerprint density at radius 1 is 1.30 bits per heavy atom. The first-order chi connectivity index (χ1) is 9.62. The van der Waals surface area contributed by atoms with Gasteiger partial charge in [-0.2, -0.15) is 5.10 Å². The van der Waals surface area contributed by atoms with E-state index in [9.17, 15) is 4.79 Å². The van der Waals surface area contributed by atoms with Crippen molar-refractivity contribution in [2.75, 3.05) is 5.32 Å². The molecule has 5 heteroatoms. The second-order valence-corrected chi connectivity index (χ2v) is 4.76. The molecule has 0 saturated carbocycles. The molecule has 0 aliphatic rings. The van der Waals surface area contributed by atoms with Gasteiger partial charge in [0, 0.05) is 19.8 Å². The lowest BCUT2D eigenvalue weighted by atomic mass is 10.1. The van der Waals surface area contributed by atoms with Crippen LogP contribution < -0.4 is 11.1 Å². The maximum Gasteiger partial charge on any atom is 0.228 e. The van der Waals surface area contributed by atoms with Crippen LogP contribution in [0.5, 0.6) is 0 Å². The number of nitrogens with one attached hydrogen (secondary N) is 1. The zero-order valence-corrected chi connectivity index (χ0v) is 11.9. The Morgan fingerprint density at radius 2 is 1.95 bits per heavy atom. The van der Waals surface area contributed by atoms with Gasteiger partial charge in [0.15, 0.2) is 0 Å². The molecule has 0 saturated heterocycles. The normalized spacial score (nSPS) is 10.6. The summed E-state index contributed by atoms with van der Waals surface area (Å²) in [6.07, 6.45) is 2.97. The van der Waals surface area contributed by atoms with E-state index < -0.39 is 0 Å². The Morgan fingerprint density at radius 3 is 2.55 bits per heavy atom. The number of carbonyl (C=O) groups excluding carboxylic acids is 1. The molecule has 1 heterocycles. The van der Waals surface area contributed by atoms with Gasteiger partial charge in [0.25, 0.3) is 0 Å². The summed E-state index contributed by atoms with van der Waals surface area (Å²) in [6, 6.07) is 7.77. The highest BCUT2D eigenvalue weighted by Gasteiger charge is 2.10. The van der Waals surface area contributed by atoms with E-state index in [1.54, 1.807) is 4.68 Å². The summed E-state index contributed by atoms with van der Waals surface area (Å²) in [5.41, 5.74) is 9.28. The molecule has 1 aromatic carbocycles. The van der Waals surface area contributed by atoms with Gasteiger partial charge in [-0.1, -0.05) is 31.2 Å². The van der Waals surface area contributed by atoms with E-state index >= 15 is 0 Å². The molecular weight excluding hydrogens is 252 g/mol. The van der Waals surface area contributed by atoms with Gasteiger partial charge in [0.05, 0.1) is 17.8 Å². The summed E-state index contributed by atoms with van der Waals surface area (Å²) in [5, 5.41) is 7.21. The maximum absolute atomic E-state index is 12.0. The van der Waals surface area contributed by atoms with Crippen LogP contribution in [0.3, 0.4) is 0 Å². The third kappa shape index (κ3) is 3.45. The Kier molecular flexibility index (Phi) is 4.53. The number of anilines is 1. The summed E-state index contributed by atoms with van der Waals surface area (Å²) < 4.78 is 1.71. The molecule has 1 amide bonds. The van der Waals surface area contributed by atoms with Gasteiger partial charge in [-0.25, -0.2) is 0 Å². The summed E-state index contributed by atoms with van der Waals surface area (Å²) in [6.45, 7) is 2.53. The second kappa shape index (κ2) is 6.34. The molecule has 2 rings (SSSR count). The highest BCUT2D eigenvalue weighted by molar-refractivity contribution is 5.92. The van der Waals surface area contributed by atoms with Crippen molar-refractivity contribution in [1.82, 2.24) is 9.78 Å². The van der Waals surface area contributed by atoms with Crippen LogP contribution in [0.15, 0.2) is 30.5 Å². The Bertz CT molecular complexity index is 586. The minimum absolute atomic E-state index is 0.0341. The number of aryl methyl sites for hydroxylation is 2. The number of nitrogens with zero attached hydrogens (tertiary/aromatic N) is 2. The molecule has 2 aromatic rings. The molecule has 3 N–H and O–H groups in total. The molecule has 0 aliphatic heterocycles. The van der Waals surface area contributed by atoms with E-state index in [-0.39, 0.29) is 5.91 Å².